The SMILES string of the molecule is CC(C)(O)C#Cc1ncc(-c2ccc3c(c2)C(=O)NC3)c([C@H](Cc2cc(F)cc(F)c2)NC(=O)Cn2nc(C(C)(F)F)c3c2C(F)(F)[C@@H]2C[C@H]32)n1. The lowest BCUT2D eigenvalue weighted by Crippen LogP contribution is -2.35. The van der Waals surface area contributed by atoms with Crippen molar-refractivity contribution in [1.82, 2.24) is 30.4 Å². The molecule has 0 unspecified atom stereocenters. The van der Waals surface area contributed by atoms with Crippen LogP contribution in [0.3, 0.4) is 0 Å². The molecule has 3 atom stereocenters. The highest BCUT2D eigenvalue weighted by Crippen LogP contribution is 2.68. The van der Waals surface area contributed by atoms with E-state index in [1.54, 1.807) is 18.2 Å². The molecular formula is C36H30F6N6O3. The summed E-state index contributed by atoms with van der Waals surface area (Å²) in [6.07, 6.45) is 1.12. The largest absolute Gasteiger partial charge is 0.378 e. The number of fused-ring (bicyclic) bond motifs is 4. The Kier molecular flexibility index (Phi) is 8.01. The molecular weight excluding hydrogens is 678 g/mol. The van der Waals surface area contributed by atoms with E-state index >= 15 is 8.78 Å². The van der Waals surface area contributed by atoms with Gasteiger partial charge in [0.15, 0.2) is 0 Å². The van der Waals surface area contributed by atoms with Crippen LogP contribution in [0, 0.1) is 29.4 Å². The van der Waals surface area contributed by atoms with Crippen LogP contribution < -0.4 is 10.6 Å². The average Bonchev–Trinajstić information content (AvgIpc) is 3.54. The number of aliphatic hydroxyl groups is 1. The molecule has 1 fully saturated rings. The number of alkyl halides is 4. The molecule has 1 aliphatic heterocycles. The first-order chi connectivity index (χ1) is 23.9. The predicted octanol–water partition coefficient (Wildman–Crippen LogP) is 5.40. The average molecular weight is 709 g/mol. The van der Waals surface area contributed by atoms with Crippen LogP contribution in [0.2, 0.25) is 0 Å². The van der Waals surface area contributed by atoms with Crippen molar-refractivity contribution < 1.29 is 41.0 Å². The van der Waals surface area contributed by atoms with Crippen molar-refractivity contribution in [2.45, 2.75) is 76.1 Å². The molecule has 9 nitrogen and oxygen atoms in total. The highest BCUT2D eigenvalue weighted by molar-refractivity contribution is 5.99. The van der Waals surface area contributed by atoms with Crippen molar-refractivity contribution in [3.05, 3.63) is 99.4 Å². The van der Waals surface area contributed by atoms with Crippen LogP contribution in [0.5, 0.6) is 0 Å². The van der Waals surface area contributed by atoms with Crippen molar-refractivity contribution in [3.8, 4) is 23.0 Å². The second kappa shape index (κ2) is 11.9. The molecule has 1 saturated carbocycles. The van der Waals surface area contributed by atoms with Crippen molar-refractivity contribution in [3.63, 3.8) is 0 Å². The summed E-state index contributed by atoms with van der Waals surface area (Å²) in [7, 11) is 0. The van der Waals surface area contributed by atoms with E-state index in [9.17, 15) is 32.3 Å². The van der Waals surface area contributed by atoms with Gasteiger partial charge >= 0.3 is 0 Å². The topological polar surface area (TPSA) is 122 Å². The Hall–Kier alpha value is -5.23. The summed E-state index contributed by atoms with van der Waals surface area (Å²) in [6, 6.07) is 6.50. The van der Waals surface area contributed by atoms with Gasteiger partial charge in [0.25, 0.3) is 17.8 Å². The van der Waals surface area contributed by atoms with E-state index in [4.69, 9.17) is 0 Å². The number of benzene rings is 2. The standard InChI is InChI=1S/C36H30F6N6O3/c1-34(2,51)7-6-27-43-15-24(18-4-5-19-14-44-33(50)22(19)11-18)30(46-27)26(10-17-8-20(37)12-21(38)9-17)45-28(49)16-48-32-29(31(47-48)35(3,39)40)23-13-25(23)36(32,41)42/h4-5,8-9,11-12,15,23,25-26,51H,10,13-14,16H2,1-3H3,(H,44,50)(H,45,49)/t23-,25+,26-/m0/s1. The van der Waals surface area contributed by atoms with Crippen molar-refractivity contribution in [1.29, 1.82) is 0 Å². The number of hydrogen-bond donors (Lipinski definition) is 3. The first-order valence-corrected chi connectivity index (χ1v) is 16.0. The van der Waals surface area contributed by atoms with E-state index < -0.39 is 70.8 Å². The normalized spacial score (nSPS) is 19.0. The van der Waals surface area contributed by atoms with E-state index in [1.165, 1.54) is 20.0 Å². The van der Waals surface area contributed by atoms with Crippen LogP contribution >= 0.6 is 0 Å². The lowest BCUT2D eigenvalue weighted by Gasteiger charge is -2.22. The number of amides is 2. The van der Waals surface area contributed by atoms with Crippen molar-refractivity contribution in [2.24, 2.45) is 5.92 Å². The van der Waals surface area contributed by atoms with Gasteiger partial charge in [0.1, 0.15) is 35.2 Å². The Bertz CT molecular complexity index is 2160. The fourth-order valence-electron chi connectivity index (χ4n) is 6.80. The van der Waals surface area contributed by atoms with Gasteiger partial charge < -0.3 is 15.7 Å². The molecule has 0 bridgehead atoms. The van der Waals surface area contributed by atoms with Crippen LogP contribution in [-0.2, 0) is 36.1 Å². The number of halogens is 6. The third kappa shape index (κ3) is 6.56. The molecule has 15 heteroatoms. The van der Waals surface area contributed by atoms with Gasteiger partial charge in [0.05, 0.1) is 11.7 Å². The van der Waals surface area contributed by atoms with Crippen LogP contribution in [0.25, 0.3) is 11.1 Å². The van der Waals surface area contributed by atoms with Gasteiger partial charge in [0.2, 0.25) is 11.7 Å². The predicted molar refractivity (Wildman–Crippen MR) is 169 cm³/mol. The van der Waals surface area contributed by atoms with Crippen molar-refractivity contribution in [2.75, 3.05) is 0 Å². The van der Waals surface area contributed by atoms with Crippen molar-refractivity contribution >= 4 is 11.8 Å². The molecule has 7 rings (SSSR count). The number of hydrogen-bond acceptors (Lipinski definition) is 6. The van der Waals surface area contributed by atoms with Crippen LogP contribution in [-0.4, -0.2) is 42.3 Å². The van der Waals surface area contributed by atoms with Gasteiger partial charge in [-0.3, -0.25) is 14.3 Å². The number of carbonyl (C=O) groups is 2. The second-order valence-electron chi connectivity index (χ2n) is 13.7. The molecule has 264 valence electrons. The molecule has 2 aromatic carbocycles. The molecule has 0 spiro atoms. The highest BCUT2D eigenvalue weighted by Gasteiger charge is 2.67. The number of rotatable bonds is 8. The quantitative estimate of drug-likeness (QED) is 0.167. The zero-order chi connectivity index (χ0) is 36.6. The fourth-order valence-corrected chi connectivity index (χ4v) is 6.80. The zero-order valence-corrected chi connectivity index (χ0v) is 27.4. The third-order valence-corrected chi connectivity index (χ3v) is 9.07. The smallest absolute Gasteiger partial charge is 0.293 e. The van der Waals surface area contributed by atoms with Gasteiger partial charge in [-0.05, 0) is 73.4 Å². The maximum Gasteiger partial charge on any atom is 0.293 e. The lowest BCUT2D eigenvalue weighted by molar-refractivity contribution is -0.123. The minimum atomic E-state index is -3.55. The number of carbonyl (C=O) groups excluding carboxylic acids is 2. The number of nitrogens with one attached hydrogen (secondary N) is 2. The minimum absolute atomic E-state index is 0.0345. The maximum absolute atomic E-state index is 15.4. The Morgan fingerprint density at radius 3 is 2.55 bits per heavy atom. The molecule has 2 aromatic heterocycles. The van der Waals surface area contributed by atoms with Gasteiger partial charge in [-0.25, -0.2) is 18.7 Å². The Morgan fingerprint density at radius 1 is 1.14 bits per heavy atom. The summed E-state index contributed by atoms with van der Waals surface area (Å²) in [5.74, 6) is -6.89. The second-order valence-corrected chi connectivity index (χ2v) is 13.7. The highest BCUT2D eigenvalue weighted by atomic mass is 19.3. The van der Waals surface area contributed by atoms with E-state index in [2.05, 4.69) is 37.5 Å². The molecule has 2 amide bonds. The summed E-state index contributed by atoms with van der Waals surface area (Å²) in [6.45, 7) is 2.86. The van der Waals surface area contributed by atoms with Crippen LogP contribution in [0.4, 0.5) is 26.3 Å². The molecule has 3 aliphatic rings. The van der Waals surface area contributed by atoms with E-state index in [0.29, 0.717) is 35.3 Å². The molecule has 2 aliphatic carbocycles. The summed E-state index contributed by atoms with van der Waals surface area (Å²) in [4.78, 5) is 35.1. The van der Waals surface area contributed by atoms with E-state index in [1.807, 2.05) is 0 Å². The Balaban J connectivity index is 1.32. The molecule has 51 heavy (non-hydrogen) atoms. The third-order valence-electron chi connectivity index (χ3n) is 9.07. The Labute approximate surface area is 287 Å². The Morgan fingerprint density at radius 2 is 1.86 bits per heavy atom. The number of nitrogens with zero attached hydrogens (tertiary/aromatic N) is 4. The summed E-state index contributed by atoms with van der Waals surface area (Å²) in [5, 5.41) is 19.4. The molecule has 0 saturated heterocycles. The van der Waals surface area contributed by atoms with Gasteiger partial charge in [-0.1, -0.05) is 18.1 Å². The van der Waals surface area contributed by atoms with E-state index in [0.717, 1.165) is 17.7 Å². The van der Waals surface area contributed by atoms with Crippen LogP contribution in [0.1, 0.15) is 89.1 Å². The van der Waals surface area contributed by atoms with Crippen LogP contribution in [0.15, 0.2) is 42.6 Å². The van der Waals surface area contributed by atoms with Gasteiger partial charge in [0, 0.05) is 48.3 Å². The number of aromatic nitrogens is 4. The molecule has 4 aromatic rings. The summed E-state index contributed by atoms with van der Waals surface area (Å²) < 4.78 is 89.2. The zero-order valence-electron chi connectivity index (χ0n) is 27.4. The molecule has 3 heterocycles. The van der Waals surface area contributed by atoms with E-state index in [-0.39, 0.29) is 47.0 Å². The molecule has 0 radical (unpaired) electrons. The molecule has 3 N–H and O–H groups in total. The monoisotopic (exact) mass is 708 g/mol. The first-order valence-electron chi connectivity index (χ1n) is 16.0. The first kappa shape index (κ1) is 34.2. The van der Waals surface area contributed by atoms with Gasteiger partial charge in [-0.15, -0.1) is 0 Å². The summed E-state index contributed by atoms with van der Waals surface area (Å²) >= 11 is 0. The minimum Gasteiger partial charge on any atom is -0.378 e. The summed E-state index contributed by atoms with van der Waals surface area (Å²) in [5.41, 5.74) is -1.24. The maximum atomic E-state index is 15.4. The fraction of sp³-hybridized carbons (Fsp3) is 0.361. The van der Waals surface area contributed by atoms with Gasteiger partial charge in [-0.2, -0.15) is 22.7 Å². The lowest BCUT2D eigenvalue weighted by atomic mass is 9.94.